The summed E-state index contributed by atoms with van der Waals surface area (Å²) in [7, 11) is 0. The van der Waals surface area contributed by atoms with Crippen LogP contribution in [-0.2, 0) is 17.7 Å². The molecule has 0 bridgehead atoms. The number of ether oxygens (including phenoxy) is 1. The highest BCUT2D eigenvalue weighted by molar-refractivity contribution is 5.02. The minimum atomic E-state index is -0.0968. The van der Waals surface area contributed by atoms with Gasteiger partial charge in [-0.2, -0.15) is 10.1 Å². The summed E-state index contributed by atoms with van der Waals surface area (Å²) in [6.45, 7) is 5.08. The maximum atomic E-state index is 5.83. The molecule has 1 saturated carbocycles. The van der Waals surface area contributed by atoms with E-state index in [1.165, 1.54) is 12.8 Å². The van der Waals surface area contributed by atoms with E-state index in [9.17, 15) is 0 Å². The molecule has 1 aliphatic heterocycles. The van der Waals surface area contributed by atoms with Crippen molar-refractivity contribution >= 4 is 0 Å². The first kappa shape index (κ1) is 14.8. The molecule has 8 nitrogen and oxygen atoms in total. The molecule has 2 aliphatic rings. The van der Waals surface area contributed by atoms with Crippen LogP contribution in [0.2, 0.25) is 0 Å². The Bertz CT molecular complexity index is 650. The van der Waals surface area contributed by atoms with Crippen LogP contribution in [0.25, 0.3) is 0 Å². The number of hydrogen-bond donors (Lipinski definition) is 1. The molecular formula is C15H22N6O2. The fourth-order valence-electron chi connectivity index (χ4n) is 2.83. The average molecular weight is 318 g/mol. The molecule has 4 rings (SSSR count). The Morgan fingerprint density at radius 1 is 1.30 bits per heavy atom. The third-order valence-electron chi connectivity index (χ3n) is 4.25. The summed E-state index contributed by atoms with van der Waals surface area (Å²) < 4.78 is 11.1. The third kappa shape index (κ3) is 3.42. The van der Waals surface area contributed by atoms with Crippen molar-refractivity contribution in [2.24, 2.45) is 0 Å². The standard InChI is InChI=1S/C15H22N6O2/c1-2-3-12-16-14(19-18-12)11-8-21(6-7-22-11)9-13-17-15(23-20-13)10-4-5-10/h10-11H,2-9H2,1H3,(H,16,18,19)/t11-/m0/s1. The first-order chi connectivity index (χ1) is 11.3. The van der Waals surface area contributed by atoms with E-state index in [-0.39, 0.29) is 6.10 Å². The van der Waals surface area contributed by atoms with Crippen molar-refractivity contribution in [1.29, 1.82) is 0 Å². The number of aromatic nitrogens is 5. The number of H-pyrrole nitrogens is 1. The lowest BCUT2D eigenvalue weighted by atomic mass is 10.2. The molecule has 1 N–H and O–H groups in total. The minimum Gasteiger partial charge on any atom is -0.367 e. The first-order valence-corrected chi connectivity index (χ1v) is 8.39. The second-order valence-corrected chi connectivity index (χ2v) is 6.31. The smallest absolute Gasteiger partial charge is 0.229 e. The molecule has 8 heteroatoms. The number of hydrogen-bond acceptors (Lipinski definition) is 7. The van der Waals surface area contributed by atoms with Gasteiger partial charge in [-0.05, 0) is 19.3 Å². The van der Waals surface area contributed by atoms with Crippen molar-refractivity contribution in [1.82, 2.24) is 30.2 Å². The Kier molecular flexibility index (Phi) is 4.09. The van der Waals surface area contributed by atoms with E-state index in [0.29, 0.717) is 19.1 Å². The fourth-order valence-corrected chi connectivity index (χ4v) is 2.83. The molecule has 0 aromatic carbocycles. The lowest BCUT2D eigenvalue weighted by Gasteiger charge is -2.30. The Morgan fingerprint density at radius 3 is 3.04 bits per heavy atom. The van der Waals surface area contributed by atoms with Crippen molar-refractivity contribution in [3.63, 3.8) is 0 Å². The molecule has 1 atom stereocenters. The van der Waals surface area contributed by atoms with Crippen molar-refractivity contribution in [2.45, 2.75) is 51.2 Å². The zero-order valence-electron chi connectivity index (χ0n) is 13.4. The van der Waals surface area contributed by atoms with Gasteiger partial charge >= 0.3 is 0 Å². The van der Waals surface area contributed by atoms with Gasteiger partial charge in [0, 0.05) is 25.4 Å². The van der Waals surface area contributed by atoms with Crippen LogP contribution in [0.1, 0.15) is 61.6 Å². The van der Waals surface area contributed by atoms with E-state index < -0.39 is 0 Å². The van der Waals surface area contributed by atoms with E-state index in [1.54, 1.807) is 0 Å². The molecule has 0 spiro atoms. The number of aromatic amines is 1. The monoisotopic (exact) mass is 318 g/mol. The van der Waals surface area contributed by atoms with Gasteiger partial charge in [-0.15, -0.1) is 0 Å². The van der Waals surface area contributed by atoms with E-state index in [0.717, 1.165) is 49.3 Å². The summed E-state index contributed by atoms with van der Waals surface area (Å²) in [6, 6.07) is 0. The largest absolute Gasteiger partial charge is 0.367 e. The fraction of sp³-hybridized carbons (Fsp3) is 0.733. The number of morpholine rings is 1. The summed E-state index contributed by atoms with van der Waals surface area (Å²) in [6.07, 6.45) is 4.21. The number of nitrogens with one attached hydrogen (secondary N) is 1. The van der Waals surface area contributed by atoms with Gasteiger partial charge in [-0.25, -0.2) is 4.98 Å². The molecule has 0 amide bonds. The Labute approximate surface area is 134 Å². The molecular weight excluding hydrogens is 296 g/mol. The van der Waals surface area contributed by atoms with E-state index in [4.69, 9.17) is 9.26 Å². The van der Waals surface area contributed by atoms with Crippen LogP contribution in [0.3, 0.4) is 0 Å². The van der Waals surface area contributed by atoms with Crippen molar-refractivity contribution in [3.05, 3.63) is 23.4 Å². The topological polar surface area (TPSA) is 93.0 Å². The van der Waals surface area contributed by atoms with Crippen molar-refractivity contribution in [3.8, 4) is 0 Å². The summed E-state index contributed by atoms with van der Waals surface area (Å²) in [5.41, 5.74) is 0. The van der Waals surface area contributed by atoms with Gasteiger partial charge in [0.2, 0.25) is 5.89 Å². The molecule has 0 radical (unpaired) electrons. The molecule has 23 heavy (non-hydrogen) atoms. The molecule has 124 valence electrons. The van der Waals surface area contributed by atoms with Crippen LogP contribution in [0.15, 0.2) is 4.52 Å². The quantitative estimate of drug-likeness (QED) is 0.864. The van der Waals surface area contributed by atoms with E-state index >= 15 is 0 Å². The number of rotatable bonds is 6. The van der Waals surface area contributed by atoms with Crippen LogP contribution < -0.4 is 0 Å². The molecule has 3 heterocycles. The van der Waals surface area contributed by atoms with Gasteiger partial charge < -0.3 is 9.26 Å². The van der Waals surface area contributed by atoms with Gasteiger partial charge in [0.25, 0.3) is 0 Å². The van der Waals surface area contributed by atoms with Crippen molar-refractivity contribution in [2.75, 3.05) is 19.7 Å². The molecule has 1 aliphatic carbocycles. The minimum absolute atomic E-state index is 0.0968. The summed E-state index contributed by atoms with van der Waals surface area (Å²) in [5, 5.41) is 11.4. The highest BCUT2D eigenvalue weighted by Gasteiger charge is 2.30. The lowest BCUT2D eigenvalue weighted by molar-refractivity contribution is -0.0379. The number of aryl methyl sites for hydroxylation is 1. The van der Waals surface area contributed by atoms with Crippen LogP contribution in [-0.4, -0.2) is 49.9 Å². The summed E-state index contributed by atoms with van der Waals surface area (Å²) in [4.78, 5) is 11.3. The van der Waals surface area contributed by atoms with Gasteiger partial charge in [0.15, 0.2) is 11.6 Å². The lowest BCUT2D eigenvalue weighted by Crippen LogP contribution is -2.38. The second kappa shape index (κ2) is 6.37. The maximum Gasteiger partial charge on any atom is 0.229 e. The Balaban J connectivity index is 1.37. The summed E-state index contributed by atoms with van der Waals surface area (Å²) >= 11 is 0. The molecule has 1 saturated heterocycles. The summed E-state index contributed by atoms with van der Waals surface area (Å²) in [5.74, 6) is 3.72. The normalized spacial score (nSPS) is 22.6. The van der Waals surface area contributed by atoms with Crippen molar-refractivity contribution < 1.29 is 9.26 Å². The zero-order valence-corrected chi connectivity index (χ0v) is 13.4. The van der Waals surface area contributed by atoms with Crippen LogP contribution in [0, 0.1) is 0 Å². The highest BCUT2D eigenvalue weighted by atomic mass is 16.5. The molecule has 2 aromatic heterocycles. The van der Waals surface area contributed by atoms with Gasteiger partial charge in [-0.3, -0.25) is 10.00 Å². The number of nitrogens with zero attached hydrogens (tertiary/aromatic N) is 5. The highest BCUT2D eigenvalue weighted by Crippen LogP contribution is 2.38. The molecule has 2 fully saturated rings. The van der Waals surface area contributed by atoms with Crippen LogP contribution in [0.5, 0.6) is 0 Å². The average Bonchev–Trinajstić information content (AvgIpc) is 3.13. The SMILES string of the molecule is CCCc1nc([C@@H]2CN(Cc3noc(C4CC4)n3)CCO2)n[nH]1. The first-order valence-electron chi connectivity index (χ1n) is 8.39. The maximum absolute atomic E-state index is 5.83. The van der Waals surface area contributed by atoms with Gasteiger partial charge in [0.1, 0.15) is 11.9 Å². The van der Waals surface area contributed by atoms with Gasteiger partial charge in [-0.1, -0.05) is 12.1 Å². The van der Waals surface area contributed by atoms with Crippen LogP contribution >= 0.6 is 0 Å². The van der Waals surface area contributed by atoms with E-state index in [2.05, 4.69) is 37.1 Å². The predicted octanol–water partition coefficient (Wildman–Crippen LogP) is 1.59. The van der Waals surface area contributed by atoms with E-state index in [1.807, 2.05) is 0 Å². The van der Waals surface area contributed by atoms with Crippen LogP contribution in [0.4, 0.5) is 0 Å². The molecule has 2 aromatic rings. The predicted molar refractivity (Wildman–Crippen MR) is 80.6 cm³/mol. The molecule has 0 unspecified atom stereocenters. The Morgan fingerprint density at radius 2 is 2.22 bits per heavy atom. The third-order valence-corrected chi connectivity index (χ3v) is 4.25. The Hall–Kier alpha value is -1.80. The van der Waals surface area contributed by atoms with Gasteiger partial charge in [0.05, 0.1) is 13.2 Å². The second-order valence-electron chi connectivity index (χ2n) is 6.31. The zero-order chi connectivity index (χ0) is 15.6.